The Hall–Kier alpha value is -5.43. The largest absolute Gasteiger partial charge is 0.370 e. The molecule has 13 nitrogen and oxygen atoms in total. The summed E-state index contributed by atoms with van der Waals surface area (Å²) in [5, 5.41) is 8.61. The van der Waals surface area contributed by atoms with Crippen molar-refractivity contribution in [3.8, 4) is 11.1 Å². The van der Waals surface area contributed by atoms with Gasteiger partial charge in [0.05, 0.1) is 6.04 Å². The quantitative estimate of drug-likeness (QED) is 0.0524. The van der Waals surface area contributed by atoms with Crippen LogP contribution < -0.4 is 44.6 Å². The van der Waals surface area contributed by atoms with Crippen LogP contribution in [0.15, 0.2) is 94.9 Å². The molecule has 0 aliphatic heterocycles. The highest BCUT2D eigenvalue weighted by Crippen LogP contribution is 2.20. The Morgan fingerprint density at radius 2 is 1.15 bits per heavy atom. The summed E-state index contributed by atoms with van der Waals surface area (Å²) in [5.74, 6) is -1.40. The molecular formula is C35H48N10O3. The van der Waals surface area contributed by atoms with E-state index in [0.29, 0.717) is 51.7 Å². The molecule has 0 saturated heterocycles. The van der Waals surface area contributed by atoms with Gasteiger partial charge in [-0.2, -0.15) is 0 Å². The van der Waals surface area contributed by atoms with E-state index < -0.39 is 29.9 Å². The van der Waals surface area contributed by atoms with Crippen LogP contribution in [0, 0.1) is 0 Å². The van der Waals surface area contributed by atoms with Crippen LogP contribution in [0.4, 0.5) is 0 Å². The van der Waals surface area contributed by atoms with Gasteiger partial charge in [-0.15, -0.1) is 0 Å². The molecule has 0 unspecified atom stereocenters. The molecule has 0 bridgehead atoms. The second-order valence-electron chi connectivity index (χ2n) is 11.5. The number of nitrogens with one attached hydrogen (secondary N) is 3. The predicted octanol–water partition coefficient (Wildman–Crippen LogP) is 1.01. The molecule has 0 aliphatic rings. The molecule has 0 saturated carbocycles. The summed E-state index contributed by atoms with van der Waals surface area (Å²) >= 11 is 0. The highest BCUT2D eigenvalue weighted by molar-refractivity contribution is 5.93. The number of rotatable bonds is 19. The number of benzene rings is 3. The third kappa shape index (κ3) is 13.5. The van der Waals surface area contributed by atoms with E-state index in [1.807, 2.05) is 84.9 Å². The fourth-order valence-corrected chi connectivity index (χ4v) is 4.96. The van der Waals surface area contributed by atoms with Crippen LogP contribution in [0.2, 0.25) is 0 Å². The van der Waals surface area contributed by atoms with Crippen LogP contribution in [0.25, 0.3) is 11.1 Å². The Balaban J connectivity index is 1.76. The van der Waals surface area contributed by atoms with E-state index in [0.717, 1.165) is 22.3 Å². The first-order valence-corrected chi connectivity index (χ1v) is 16.1. The van der Waals surface area contributed by atoms with E-state index in [4.69, 9.17) is 28.7 Å². The molecular weight excluding hydrogens is 608 g/mol. The number of guanidine groups is 2. The van der Waals surface area contributed by atoms with Gasteiger partial charge < -0.3 is 44.6 Å². The predicted molar refractivity (Wildman–Crippen MR) is 190 cm³/mol. The Kier molecular flexibility index (Phi) is 15.4. The minimum absolute atomic E-state index is 0.00899. The van der Waals surface area contributed by atoms with Crippen LogP contribution >= 0.6 is 0 Å². The number of amides is 3. The van der Waals surface area contributed by atoms with E-state index >= 15 is 0 Å². The number of hydrogen-bond donors (Lipinski definition) is 8. The lowest BCUT2D eigenvalue weighted by atomic mass is 9.99. The molecule has 48 heavy (non-hydrogen) atoms. The minimum Gasteiger partial charge on any atom is -0.370 e. The molecule has 0 radical (unpaired) electrons. The summed E-state index contributed by atoms with van der Waals surface area (Å²) in [7, 11) is 0. The Morgan fingerprint density at radius 3 is 1.77 bits per heavy atom. The summed E-state index contributed by atoms with van der Waals surface area (Å²) in [4.78, 5) is 48.3. The fraction of sp³-hybridized carbons (Fsp3) is 0.343. The number of carbonyl (C=O) groups excluding carboxylic acids is 3. The summed E-state index contributed by atoms with van der Waals surface area (Å²) in [5.41, 5.74) is 31.6. The molecule has 256 valence electrons. The highest BCUT2D eigenvalue weighted by atomic mass is 16.2. The van der Waals surface area contributed by atoms with E-state index in [-0.39, 0.29) is 24.2 Å². The van der Waals surface area contributed by atoms with Gasteiger partial charge in [-0.1, -0.05) is 84.9 Å². The van der Waals surface area contributed by atoms with Gasteiger partial charge in [0.15, 0.2) is 11.9 Å². The number of unbranched alkanes of at least 4 members (excludes halogenated alkanes) is 1. The van der Waals surface area contributed by atoms with Crippen LogP contribution in [0.3, 0.4) is 0 Å². The van der Waals surface area contributed by atoms with E-state index in [1.165, 1.54) is 0 Å². The summed E-state index contributed by atoms with van der Waals surface area (Å²) in [6.07, 6.45) is 2.48. The Labute approximate surface area is 281 Å². The zero-order chi connectivity index (χ0) is 34.7. The lowest BCUT2D eigenvalue weighted by molar-refractivity contribution is -0.132. The molecule has 0 aromatic heterocycles. The van der Waals surface area contributed by atoms with Crippen molar-refractivity contribution in [3.05, 3.63) is 96.1 Å². The highest BCUT2D eigenvalue weighted by Gasteiger charge is 2.28. The average Bonchev–Trinajstić information content (AvgIpc) is 3.08. The minimum atomic E-state index is -1.00. The molecule has 3 aromatic carbocycles. The van der Waals surface area contributed by atoms with Crippen molar-refractivity contribution in [2.75, 3.05) is 13.1 Å². The van der Waals surface area contributed by atoms with Crippen molar-refractivity contribution >= 4 is 29.6 Å². The van der Waals surface area contributed by atoms with Crippen molar-refractivity contribution in [1.29, 1.82) is 0 Å². The van der Waals surface area contributed by atoms with Gasteiger partial charge in [0, 0.05) is 26.1 Å². The molecule has 3 amide bonds. The normalized spacial score (nSPS) is 12.5. The van der Waals surface area contributed by atoms with Crippen LogP contribution in [0.5, 0.6) is 0 Å². The third-order valence-corrected chi connectivity index (χ3v) is 7.58. The average molecular weight is 657 g/mol. The maximum absolute atomic E-state index is 13.8. The number of aliphatic imine (C=N–C) groups is 2. The first-order chi connectivity index (χ1) is 23.1. The second-order valence-corrected chi connectivity index (χ2v) is 11.5. The van der Waals surface area contributed by atoms with Crippen LogP contribution in [-0.2, 0) is 27.3 Å². The maximum Gasteiger partial charge on any atom is 0.243 e. The smallest absolute Gasteiger partial charge is 0.243 e. The number of hydrogen-bond acceptors (Lipinski definition) is 6. The van der Waals surface area contributed by atoms with Gasteiger partial charge in [-0.25, -0.2) is 0 Å². The third-order valence-electron chi connectivity index (χ3n) is 7.58. The van der Waals surface area contributed by atoms with Crippen molar-refractivity contribution in [2.24, 2.45) is 38.7 Å². The monoisotopic (exact) mass is 656 g/mol. The molecule has 0 fully saturated rings. The number of nitrogens with zero attached hydrogens (tertiary/aromatic N) is 2. The molecule has 0 aliphatic carbocycles. The molecule has 3 rings (SSSR count). The van der Waals surface area contributed by atoms with Crippen molar-refractivity contribution < 1.29 is 14.4 Å². The van der Waals surface area contributed by atoms with Gasteiger partial charge >= 0.3 is 0 Å². The SMILES string of the molecule is NC(N)=NCCCC[C@H](NC(=O)[C@H](Cc1ccc(-c2ccccc2)cc1)NC(=O)[C@@H](N)CCCN=C(N)N)C(=O)NCc1ccccc1. The lowest BCUT2D eigenvalue weighted by Crippen LogP contribution is -2.56. The molecule has 13 N–H and O–H groups in total. The molecule has 3 atom stereocenters. The van der Waals surface area contributed by atoms with Crippen LogP contribution in [0.1, 0.15) is 43.2 Å². The van der Waals surface area contributed by atoms with Crippen molar-refractivity contribution in [3.63, 3.8) is 0 Å². The fourth-order valence-electron chi connectivity index (χ4n) is 4.96. The van der Waals surface area contributed by atoms with Gasteiger partial charge in [-0.05, 0) is 54.4 Å². The van der Waals surface area contributed by atoms with Crippen LogP contribution in [-0.4, -0.2) is 60.9 Å². The van der Waals surface area contributed by atoms with E-state index in [9.17, 15) is 14.4 Å². The lowest BCUT2D eigenvalue weighted by Gasteiger charge is -2.24. The molecule has 0 heterocycles. The summed E-state index contributed by atoms with van der Waals surface area (Å²) in [6.45, 7) is 1.01. The Bertz CT molecular complexity index is 1490. The van der Waals surface area contributed by atoms with Gasteiger partial charge in [0.2, 0.25) is 17.7 Å². The standard InChI is InChI=1S/C35H48N10O3/c36-28(14-9-21-42-35(39)40)31(46)45-30(22-24-16-18-27(19-17-24)26-12-5-2-6-13-26)33(48)44-29(15-7-8-20-41-34(37)38)32(47)43-23-25-10-3-1-4-11-25/h1-6,10-13,16-19,28-30H,7-9,14-15,20-23,36H2,(H,43,47)(H,44,48)(H,45,46)(H4,37,38,41)(H4,39,40,42)/t28-,29-,30-/m0/s1. The zero-order valence-electron chi connectivity index (χ0n) is 27.2. The topological polar surface area (TPSA) is 242 Å². The number of carbonyl (C=O) groups is 3. The second kappa shape index (κ2) is 19.9. The molecule has 13 heteroatoms. The van der Waals surface area contributed by atoms with Crippen molar-refractivity contribution in [1.82, 2.24) is 16.0 Å². The van der Waals surface area contributed by atoms with Gasteiger partial charge in [0.1, 0.15) is 12.1 Å². The first-order valence-electron chi connectivity index (χ1n) is 16.1. The van der Waals surface area contributed by atoms with E-state index in [2.05, 4.69) is 25.9 Å². The zero-order valence-corrected chi connectivity index (χ0v) is 27.2. The van der Waals surface area contributed by atoms with E-state index in [1.54, 1.807) is 0 Å². The molecule has 3 aromatic rings. The number of nitrogens with two attached hydrogens (primary N) is 5. The maximum atomic E-state index is 13.8. The van der Waals surface area contributed by atoms with Gasteiger partial charge in [0.25, 0.3) is 0 Å². The van der Waals surface area contributed by atoms with Crippen molar-refractivity contribution in [2.45, 2.75) is 63.2 Å². The first kappa shape index (κ1) is 37.0. The summed E-state index contributed by atoms with van der Waals surface area (Å²) in [6, 6.07) is 24.4. The Morgan fingerprint density at radius 1 is 0.583 bits per heavy atom. The van der Waals surface area contributed by atoms with Gasteiger partial charge in [-0.3, -0.25) is 24.4 Å². The molecule has 0 spiro atoms. The summed E-state index contributed by atoms with van der Waals surface area (Å²) < 4.78 is 0.